The first kappa shape index (κ1) is 20.5. The van der Waals surface area contributed by atoms with Gasteiger partial charge in [-0.25, -0.2) is 9.87 Å². The molecule has 0 aliphatic carbocycles. The van der Waals surface area contributed by atoms with Gasteiger partial charge in [0.05, 0.1) is 19.8 Å². The van der Waals surface area contributed by atoms with E-state index in [2.05, 4.69) is 6.58 Å². The summed E-state index contributed by atoms with van der Waals surface area (Å²) in [7, 11) is -4.36. The fraction of sp³-hybridized carbons (Fsp3) is 0.438. The van der Waals surface area contributed by atoms with E-state index in [1.807, 2.05) is 11.5 Å². The molecule has 1 atom stereocenters. The Hall–Kier alpha value is -1.53. The highest BCUT2D eigenvalue weighted by molar-refractivity contribution is 7.56. The summed E-state index contributed by atoms with van der Waals surface area (Å²) in [5.74, 6) is -1.23. The van der Waals surface area contributed by atoms with Gasteiger partial charge in [-0.05, 0) is 19.4 Å². The molecule has 0 bridgehead atoms. The quantitative estimate of drug-likeness (QED) is 0.370. The van der Waals surface area contributed by atoms with Gasteiger partial charge >= 0.3 is 7.60 Å². The average Bonchev–Trinajstić information content (AvgIpc) is 2.56. The van der Waals surface area contributed by atoms with Crippen LogP contribution in [0.5, 0.6) is 0 Å². The predicted octanol–water partition coefficient (Wildman–Crippen LogP) is 3.74. The molecule has 0 spiro atoms. The Labute approximate surface area is 141 Å². The van der Waals surface area contributed by atoms with Crippen molar-refractivity contribution in [1.82, 2.24) is 5.48 Å². The lowest BCUT2D eigenvalue weighted by Gasteiger charge is -2.30. The van der Waals surface area contributed by atoms with Crippen molar-refractivity contribution in [1.29, 1.82) is 0 Å². The van der Waals surface area contributed by atoms with Gasteiger partial charge in [0.1, 0.15) is 0 Å². The number of carbonyl (C=O) groups excluding carboxylic acids is 1. The molecule has 1 N–H and O–H groups in total. The van der Waals surface area contributed by atoms with Crippen molar-refractivity contribution >= 4 is 13.5 Å². The molecule has 0 aliphatic heterocycles. The molecule has 0 aromatic heterocycles. The second kappa shape index (κ2) is 9.69. The lowest BCUT2D eigenvalue weighted by Crippen LogP contribution is -2.43. The molecule has 0 saturated heterocycles. The number of amides is 1. The van der Waals surface area contributed by atoms with E-state index >= 15 is 4.39 Å². The number of benzene rings is 1. The third-order valence-electron chi connectivity index (χ3n) is 3.04. The van der Waals surface area contributed by atoms with Crippen LogP contribution in [0.2, 0.25) is 0 Å². The summed E-state index contributed by atoms with van der Waals surface area (Å²) in [4.78, 5) is 17.3. The smallest absolute Gasteiger partial charge is 0.306 e. The molecule has 1 aromatic rings. The molecule has 24 heavy (non-hydrogen) atoms. The third kappa shape index (κ3) is 4.98. The van der Waals surface area contributed by atoms with Crippen LogP contribution in [0, 0.1) is 0 Å². The number of alkyl halides is 1. The van der Waals surface area contributed by atoms with Crippen LogP contribution in [0.3, 0.4) is 0 Å². The molecule has 1 amide bonds. The Balaban J connectivity index is 2.85. The first-order chi connectivity index (χ1) is 11.4. The maximum Gasteiger partial charge on any atom is 0.377 e. The molecule has 6 nitrogen and oxygen atoms in total. The van der Waals surface area contributed by atoms with E-state index in [1.54, 1.807) is 24.3 Å². The van der Waals surface area contributed by atoms with Crippen molar-refractivity contribution in [2.45, 2.75) is 32.3 Å². The summed E-state index contributed by atoms with van der Waals surface area (Å²) in [6, 6.07) is 9.00. The van der Waals surface area contributed by atoms with Gasteiger partial charge in [-0.2, -0.15) is 0 Å². The Morgan fingerprint density at radius 3 is 2.38 bits per heavy atom. The van der Waals surface area contributed by atoms with Crippen molar-refractivity contribution < 1.29 is 27.6 Å². The van der Waals surface area contributed by atoms with E-state index < -0.39 is 25.3 Å². The molecular weight excluding hydrogens is 336 g/mol. The highest BCUT2D eigenvalue weighted by Crippen LogP contribution is 2.62. The van der Waals surface area contributed by atoms with Crippen LogP contribution in [0.1, 0.15) is 25.8 Å². The van der Waals surface area contributed by atoms with Crippen LogP contribution in [0.15, 0.2) is 43.0 Å². The zero-order chi connectivity index (χ0) is 18.1. The number of hydroxylamine groups is 1. The molecule has 0 fully saturated rings. The molecular formula is C16H23FNO5P. The normalized spacial score (nSPS) is 14.0. The minimum atomic E-state index is -4.36. The van der Waals surface area contributed by atoms with Crippen molar-refractivity contribution in [3.05, 3.63) is 48.6 Å². The maximum absolute atomic E-state index is 15.3. The zero-order valence-electron chi connectivity index (χ0n) is 13.9. The van der Waals surface area contributed by atoms with Crippen molar-refractivity contribution in [3.8, 4) is 0 Å². The van der Waals surface area contributed by atoms with E-state index in [0.29, 0.717) is 0 Å². The summed E-state index contributed by atoms with van der Waals surface area (Å²) in [5, 5.41) is -2.92. The highest BCUT2D eigenvalue weighted by Gasteiger charge is 2.57. The summed E-state index contributed by atoms with van der Waals surface area (Å²) in [5.41, 5.74) is 2.77. The Morgan fingerprint density at radius 1 is 1.29 bits per heavy atom. The largest absolute Gasteiger partial charge is 0.377 e. The molecule has 0 heterocycles. The number of halogens is 1. The third-order valence-corrected chi connectivity index (χ3v) is 5.49. The number of hydrogen-bond acceptors (Lipinski definition) is 5. The van der Waals surface area contributed by atoms with Gasteiger partial charge in [0.2, 0.25) is 0 Å². The molecule has 1 rings (SSSR count). The minimum Gasteiger partial charge on any atom is -0.306 e. The molecule has 0 radical (unpaired) electrons. The van der Waals surface area contributed by atoms with Crippen LogP contribution in [0.25, 0.3) is 0 Å². The van der Waals surface area contributed by atoms with Gasteiger partial charge in [-0.1, -0.05) is 36.4 Å². The molecule has 0 aliphatic rings. The Morgan fingerprint density at radius 2 is 1.88 bits per heavy atom. The fourth-order valence-electron chi connectivity index (χ4n) is 1.94. The van der Waals surface area contributed by atoms with Gasteiger partial charge in [-0.3, -0.25) is 14.2 Å². The fourth-order valence-corrected chi connectivity index (χ4v) is 3.75. The number of hydrogen-bond donors (Lipinski definition) is 1. The second-order valence-electron chi connectivity index (χ2n) is 4.79. The van der Waals surface area contributed by atoms with Crippen LogP contribution in [-0.4, -0.2) is 24.5 Å². The minimum absolute atomic E-state index is 0.0321. The van der Waals surface area contributed by atoms with Gasteiger partial charge in [0.25, 0.3) is 11.3 Å². The van der Waals surface area contributed by atoms with Gasteiger partial charge < -0.3 is 9.05 Å². The Bertz CT molecular complexity index is 573. The van der Waals surface area contributed by atoms with Crippen LogP contribution in [-0.2, 0) is 29.9 Å². The van der Waals surface area contributed by atoms with E-state index in [-0.39, 0.29) is 19.8 Å². The lowest BCUT2D eigenvalue weighted by molar-refractivity contribution is -0.143. The summed E-state index contributed by atoms with van der Waals surface area (Å²) < 4.78 is 37.9. The second-order valence-corrected chi connectivity index (χ2v) is 7.01. The number of nitrogens with one attached hydrogen (secondary N) is 1. The highest BCUT2D eigenvalue weighted by atomic mass is 31.2. The SMILES string of the molecule is C=CCC(F)(C(=O)NOCc1ccccc1)P(=O)(OCC)OCC. The van der Waals surface area contributed by atoms with Gasteiger partial charge in [0, 0.05) is 6.42 Å². The number of rotatable bonds is 11. The van der Waals surface area contributed by atoms with E-state index in [0.717, 1.165) is 11.6 Å². The van der Waals surface area contributed by atoms with E-state index in [1.165, 1.54) is 13.8 Å². The van der Waals surface area contributed by atoms with Crippen LogP contribution < -0.4 is 5.48 Å². The van der Waals surface area contributed by atoms with Gasteiger partial charge in [-0.15, -0.1) is 6.58 Å². The average molecular weight is 359 g/mol. The maximum atomic E-state index is 15.3. The summed E-state index contributed by atoms with van der Waals surface area (Å²) >= 11 is 0. The van der Waals surface area contributed by atoms with Crippen LogP contribution >= 0.6 is 7.60 Å². The first-order valence-corrected chi connectivity index (χ1v) is 9.13. The summed E-state index contributed by atoms with van der Waals surface area (Å²) in [6.07, 6.45) is 0.603. The summed E-state index contributed by atoms with van der Waals surface area (Å²) in [6.45, 7) is 6.35. The Kier molecular flexibility index (Phi) is 8.28. The molecule has 1 unspecified atom stereocenters. The lowest BCUT2D eigenvalue weighted by atomic mass is 10.2. The van der Waals surface area contributed by atoms with Crippen LogP contribution in [0.4, 0.5) is 4.39 Å². The van der Waals surface area contributed by atoms with Crippen molar-refractivity contribution in [3.63, 3.8) is 0 Å². The predicted molar refractivity (Wildman–Crippen MR) is 88.9 cm³/mol. The number of allylic oxidation sites excluding steroid dienone is 1. The van der Waals surface area contributed by atoms with Crippen molar-refractivity contribution in [2.75, 3.05) is 13.2 Å². The van der Waals surface area contributed by atoms with Crippen molar-refractivity contribution in [2.24, 2.45) is 0 Å². The van der Waals surface area contributed by atoms with E-state index in [9.17, 15) is 9.36 Å². The molecule has 1 aromatic carbocycles. The monoisotopic (exact) mass is 359 g/mol. The molecule has 134 valence electrons. The van der Waals surface area contributed by atoms with Gasteiger partial charge in [0.15, 0.2) is 0 Å². The standard InChI is InChI=1S/C16H23FNO5P/c1-4-12-16(17,24(20,22-5-2)23-6-3)15(19)18-21-13-14-10-8-7-9-11-14/h4,7-11H,1,5-6,12-13H2,2-3H3,(H,18,19). The molecule has 8 heteroatoms. The zero-order valence-corrected chi connectivity index (χ0v) is 14.8. The number of carbonyl (C=O) groups is 1. The van der Waals surface area contributed by atoms with E-state index in [4.69, 9.17) is 13.9 Å². The molecule has 0 saturated carbocycles. The topological polar surface area (TPSA) is 73.9 Å². The first-order valence-electron chi connectivity index (χ1n) is 7.58.